The fraction of sp³-hybridized carbons (Fsp3) is 0.489. The van der Waals surface area contributed by atoms with Crippen molar-refractivity contribution in [2.45, 2.75) is 90.0 Å². The molecule has 3 aliphatic carbocycles. The lowest BCUT2D eigenvalue weighted by Gasteiger charge is -2.14. The van der Waals surface area contributed by atoms with Crippen LogP contribution in [0.25, 0.3) is 0 Å². The number of amides is 2. The van der Waals surface area contributed by atoms with Gasteiger partial charge in [-0.05, 0) is 90.0 Å². The maximum Gasteiger partial charge on any atom is 0.307 e. The molecule has 3 saturated carbocycles. The van der Waals surface area contributed by atoms with E-state index < -0.39 is 17.9 Å². The molecule has 59 heavy (non-hydrogen) atoms. The summed E-state index contributed by atoms with van der Waals surface area (Å²) in [7, 11) is 0. The highest BCUT2D eigenvalue weighted by atomic mass is 35.5. The van der Waals surface area contributed by atoms with Gasteiger partial charge in [0.1, 0.15) is 5.78 Å². The van der Waals surface area contributed by atoms with E-state index in [-0.39, 0.29) is 57.2 Å². The fourth-order valence-corrected chi connectivity index (χ4v) is 6.80. The number of benzene rings is 3. The predicted octanol–water partition coefficient (Wildman–Crippen LogP) is 10.0. The number of carboxylic acids is 1. The number of aliphatic carboxylic acids is 1. The summed E-state index contributed by atoms with van der Waals surface area (Å²) < 4.78 is 0. The number of ketones is 1. The van der Waals surface area contributed by atoms with Crippen molar-refractivity contribution < 1.29 is 29.1 Å². The first kappa shape index (κ1) is 53.8. The molecular weight excluding hydrogens is 856 g/mol. The number of hydrogen-bond donors (Lipinski definition) is 4. The molecule has 0 saturated heterocycles. The van der Waals surface area contributed by atoms with E-state index in [1.807, 2.05) is 107 Å². The number of carbonyl (C=O) groups is 5. The number of nitrogens with two attached hydrogens (primary N) is 3. The monoisotopic (exact) mass is 913 g/mol. The Labute approximate surface area is 375 Å². The third-order valence-electron chi connectivity index (χ3n) is 9.77. The van der Waals surface area contributed by atoms with Gasteiger partial charge in [0.25, 0.3) is 0 Å². The molecule has 3 unspecified atom stereocenters. The molecule has 0 aliphatic heterocycles. The lowest BCUT2D eigenvalue weighted by Crippen LogP contribution is -2.37. The largest absolute Gasteiger partial charge is 0.481 e. The molecule has 6 rings (SSSR count). The third kappa shape index (κ3) is 22.3. The van der Waals surface area contributed by atoms with Gasteiger partial charge >= 0.3 is 5.97 Å². The van der Waals surface area contributed by atoms with E-state index in [1.165, 1.54) is 11.1 Å². The first-order valence-electron chi connectivity index (χ1n) is 19.6. The SMILES string of the molecule is CC(C)C[C@H](CC(=O)[C@@H]1CC1c1ccccc1)C(N)=O.CC(C)C[C@H](N)C(N)=O.ClCCl.ClCCl.O=C(Cl)[C@@H]1CC1c1ccccc1.O=C(O)[C@@H]1CC1c1ccccc1. The molecule has 3 fully saturated rings. The quantitative estimate of drug-likeness (QED) is 0.0916. The average Bonchev–Trinajstić information content (AvgIpc) is 4.06. The lowest BCUT2D eigenvalue weighted by atomic mass is 9.90. The molecule has 3 aromatic rings. The second-order valence-electron chi connectivity index (χ2n) is 15.5. The third-order valence-corrected chi connectivity index (χ3v) is 10.1. The molecule has 2 amide bonds. The second-order valence-corrected chi connectivity index (χ2v) is 17.4. The van der Waals surface area contributed by atoms with Gasteiger partial charge in [0, 0.05) is 24.2 Å². The summed E-state index contributed by atoms with van der Waals surface area (Å²) in [6.45, 7) is 8.10. The van der Waals surface area contributed by atoms with Crippen molar-refractivity contribution in [2.75, 3.05) is 10.7 Å². The van der Waals surface area contributed by atoms with Crippen molar-refractivity contribution in [3.05, 3.63) is 108 Å². The number of carboxylic acid groups (broad SMARTS) is 1. The smallest absolute Gasteiger partial charge is 0.307 e. The van der Waals surface area contributed by atoms with Crippen LogP contribution in [0.15, 0.2) is 91.0 Å². The minimum absolute atomic E-state index is 0.0778. The number of carbonyl (C=O) groups excluding carboxylic acids is 4. The van der Waals surface area contributed by atoms with Gasteiger partial charge in [-0.2, -0.15) is 0 Å². The molecule has 3 aliphatic rings. The minimum atomic E-state index is -0.663. The summed E-state index contributed by atoms with van der Waals surface area (Å²) in [6, 6.07) is 29.5. The fourth-order valence-electron chi connectivity index (χ4n) is 6.56. The summed E-state index contributed by atoms with van der Waals surface area (Å²) in [6.07, 6.45) is 4.32. The average molecular weight is 916 g/mol. The standard InChI is InChI=1S/C17H23NO2.C10H9ClO.C10H10O2.C6H14N2O.2CH2Cl2/c1-11(2)8-13(17(18)20)9-16(19)15-10-14(15)12-6-4-3-5-7-12;2*11-10(12)9-6-8(9)7-4-2-1-3-5-7;1-4(2)3-5(7)6(8)9;2*2-1-3/h3-7,11,13-15H,8-10H2,1-2H3,(H2,18,20);1-5,8-9H,6H2;1-5,8-9H,6H2,(H,11,12);4-5H,3,7H2,1-2H3,(H2,8,9);2*1H2/t13-,14?,15-;2*8?,9-;5-;;/m1110../s1. The Bertz CT molecular complexity index is 1620. The van der Waals surface area contributed by atoms with Crippen LogP contribution in [0.3, 0.4) is 0 Å². The molecule has 0 radical (unpaired) electrons. The molecule has 14 heteroatoms. The summed E-state index contributed by atoms with van der Waals surface area (Å²) in [5.74, 6) is 0.320. The van der Waals surface area contributed by atoms with Crippen LogP contribution in [-0.2, 0) is 24.0 Å². The van der Waals surface area contributed by atoms with E-state index in [9.17, 15) is 24.0 Å². The first-order valence-corrected chi connectivity index (χ1v) is 22.1. The Kier molecular flexibility index (Phi) is 26.6. The van der Waals surface area contributed by atoms with E-state index in [0.29, 0.717) is 42.9 Å². The van der Waals surface area contributed by atoms with Gasteiger partial charge in [0.2, 0.25) is 17.1 Å². The number of rotatable bonds is 14. The highest BCUT2D eigenvalue weighted by molar-refractivity contribution is 6.64. The van der Waals surface area contributed by atoms with E-state index in [1.54, 1.807) is 0 Å². The van der Waals surface area contributed by atoms with Crippen LogP contribution < -0.4 is 17.2 Å². The molecule has 7 N–H and O–H groups in total. The number of Topliss-reactive ketones (excluding diaryl/α,β-unsaturated/α-hetero) is 1. The van der Waals surface area contributed by atoms with Crippen molar-refractivity contribution in [1.29, 1.82) is 0 Å². The van der Waals surface area contributed by atoms with Crippen LogP contribution in [0, 0.1) is 35.5 Å². The molecule has 0 bridgehead atoms. The summed E-state index contributed by atoms with van der Waals surface area (Å²) in [4.78, 5) is 55.3. The van der Waals surface area contributed by atoms with Crippen molar-refractivity contribution in [2.24, 2.45) is 52.7 Å². The zero-order valence-electron chi connectivity index (χ0n) is 34.2. The van der Waals surface area contributed by atoms with Gasteiger partial charge in [-0.3, -0.25) is 24.0 Å². The normalized spacial score (nSPS) is 21.2. The maximum absolute atomic E-state index is 12.3. The van der Waals surface area contributed by atoms with Gasteiger partial charge in [0.05, 0.1) is 22.6 Å². The van der Waals surface area contributed by atoms with Gasteiger partial charge in [-0.25, -0.2) is 0 Å². The van der Waals surface area contributed by atoms with Crippen molar-refractivity contribution >= 4 is 86.8 Å². The molecule has 0 aromatic heterocycles. The van der Waals surface area contributed by atoms with Crippen LogP contribution in [-0.4, -0.2) is 50.6 Å². The van der Waals surface area contributed by atoms with Crippen molar-refractivity contribution in [3.63, 3.8) is 0 Å². The van der Waals surface area contributed by atoms with Crippen LogP contribution in [0.1, 0.15) is 101 Å². The van der Waals surface area contributed by atoms with E-state index in [0.717, 1.165) is 24.8 Å². The van der Waals surface area contributed by atoms with Crippen LogP contribution in [0.4, 0.5) is 0 Å². The summed E-state index contributed by atoms with van der Waals surface area (Å²) in [5, 5.41) is 8.88. The Morgan fingerprint density at radius 1 is 0.593 bits per heavy atom. The number of alkyl halides is 4. The van der Waals surface area contributed by atoms with Gasteiger partial charge in [0.15, 0.2) is 0 Å². The molecule has 0 spiro atoms. The topological polar surface area (TPSA) is 184 Å². The van der Waals surface area contributed by atoms with Crippen LogP contribution >= 0.6 is 58.0 Å². The van der Waals surface area contributed by atoms with Gasteiger partial charge in [-0.15, -0.1) is 46.4 Å². The highest BCUT2D eigenvalue weighted by Gasteiger charge is 2.45. The molecular formula is C45H60Cl5N3O6. The van der Waals surface area contributed by atoms with Crippen molar-refractivity contribution in [1.82, 2.24) is 0 Å². The number of halogens is 5. The minimum Gasteiger partial charge on any atom is -0.481 e. The zero-order valence-corrected chi connectivity index (χ0v) is 38.0. The number of primary amides is 2. The van der Waals surface area contributed by atoms with Crippen LogP contribution in [0.5, 0.6) is 0 Å². The summed E-state index contributed by atoms with van der Waals surface area (Å²) >= 11 is 24.4. The molecule has 8 atom stereocenters. The van der Waals surface area contributed by atoms with Gasteiger partial charge in [-0.1, -0.05) is 119 Å². The Hall–Kier alpha value is -3.18. The molecule has 0 heterocycles. The molecule has 3 aromatic carbocycles. The second kappa shape index (κ2) is 29.1. The summed E-state index contributed by atoms with van der Waals surface area (Å²) in [5.41, 5.74) is 19.3. The Morgan fingerprint density at radius 3 is 1.20 bits per heavy atom. The maximum atomic E-state index is 12.3. The Morgan fingerprint density at radius 2 is 0.932 bits per heavy atom. The van der Waals surface area contributed by atoms with E-state index in [2.05, 4.69) is 12.1 Å². The van der Waals surface area contributed by atoms with E-state index >= 15 is 0 Å². The predicted molar refractivity (Wildman–Crippen MR) is 242 cm³/mol. The molecule has 326 valence electrons. The zero-order chi connectivity index (χ0) is 44.7. The lowest BCUT2D eigenvalue weighted by molar-refractivity contribution is -0.138. The van der Waals surface area contributed by atoms with Crippen LogP contribution in [0.2, 0.25) is 0 Å². The van der Waals surface area contributed by atoms with E-state index in [4.69, 9.17) is 80.3 Å². The highest BCUT2D eigenvalue weighted by Crippen LogP contribution is 2.50. The Balaban J connectivity index is 0.000000390. The molecule has 9 nitrogen and oxygen atoms in total. The van der Waals surface area contributed by atoms with Gasteiger partial charge < -0.3 is 22.3 Å². The van der Waals surface area contributed by atoms with Crippen molar-refractivity contribution in [3.8, 4) is 0 Å². The number of hydrogen-bond acceptors (Lipinski definition) is 6. The first-order chi connectivity index (χ1) is 27.9.